The summed E-state index contributed by atoms with van der Waals surface area (Å²) in [6, 6.07) is 4.70. The lowest BCUT2D eigenvalue weighted by Crippen LogP contribution is -2.59. The molecule has 3 atom stereocenters. The van der Waals surface area contributed by atoms with Gasteiger partial charge in [-0.05, 0) is 33.6 Å². The number of pyridine rings is 1. The summed E-state index contributed by atoms with van der Waals surface area (Å²) in [5, 5.41) is 13.8. The molecule has 182 valence electrons. The molecule has 1 saturated heterocycles. The second-order valence-corrected chi connectivity index (χ2v) is 9.27. The molecule has 1 aliphatic rings. The van der Waals surface area contributed by atoms with Crippen LogP contribution in [0, 0.1) is 18.3 Å². The fraction of sp³-hybridized carbons (Fsp3) is 0.600. The van der Waals surface area contributed by atoms with Crippen molar-refractivity contribution in [2.24, 2.45) is 7.05 Å². The van der Waals surface area contributed by atoms with E-state index in [2.05, 4.69) is 60.0 Å². The minimum absolute atomic E-state index is 0.0555. The van der Waals surface area contributed by atoms with Crippen molar-refractivity contribution in [1.29, 1.82) is 5.26 Å². The maximum atomic E-state index is 12.9. The maximum absolute atomic E-state index is 12.9. The SMILES string of the molecule is CC[C@H]1CN(C(C)c2cnc(C)n2CC)[C@H](CC)CN1c1cc(=O)n(C)c2cn(CC#N)nc12. The van der Waals surface area contributed by atoms with Crippen LogP contribution in [0.2, 0.25) is 0 Å². The molecule has 34 heavy (non-hydrogen) atoms. The lowest BCUT2D eigenvalue weighted by Gasteiger charge is -2.49. The first-order chi connectivity index (χ1) is 16.3. The van der Waals surface area contributed by atoms with Crippen LogP contribution >= 0.6 is 0 Å². The van der Waals surface area contributed by atoms with Gasteiger partial charge in [0, 0.05) is 50.9 Å². The Labute approximate surface area is 201 Å². The number of hydrogen-bond donors (Lipinski definition) is 0. The summed E-state index contributed by atoms with van der Waals surface area (Å²) in [5.41, 5.74) is 3.63. The fourth-order valence-corrected chi connectivity index (χ4v) is 5.47. The monoisotopic (exact) mass is 464 g/mol. The Balaban J connectivity index is 1.73. The predicted octanol–water partition coefficient (Wildman–Crippen LogP) is 3.22. The number of aryl methyl sites for hydroxylation is 2. The standard InChI is InChI=1S/C25H36N8O/c1-7-19-15-33(21-12-24(34)29(6)23-16-30(11-10-26)28-25(21)23)20(8-2)14-32(19)17(4)22-13-27-18(5)31(22)9-3/h12-13,16-17,19-20H,7-9,11,14-15H2,1-6H3/t17?,19-,20+/m1/s1. The summed E-state index contributed by atoms with van der Waals surface area (Å²) in [7, 11) is 1.76. The highest BCUT2D eigenvalue weighted by molar-refractivity contribution is 5.88. The van der Waals surface area contributed by atoms with Crippen molar-refractivity contribution in [2.45, 2.75) is 78.7 Å². The van der Waals surface area contributed by atoms with Crippen LogP contribution in [-0.2, 0) is 20.1 Å². The Morgan fingerprint density at radius 2 is 1.94 bits per heavy atom. The summed E-state index contributed by atoms with van der Waals surface area (Å²) < 4.78 is 5.54. The molecule has 0 spiro atoms. The summed E-state index contributed by atoms with van der Waals surface area (Å²) in [6.07, 6.45) is 5.79. The Morgan fingerprint density at radius 3 is 2.59 bits per heavy atom. The number of nitrogens with zero attached hydrogens (tertiary/aromatic N) is 8. The van der Waals surface area contributed by atoms with Crippen LogP contribution in [0.25, 0.3) is 11.0 Å². The third-order valence-electron chi connectivity index (χ3n) is 7.49. The molecule has 0 saturated carbocycles. The van der Waals surface area contributed by atoms with Crippen molar-refractivity contribution in [1.82, 2.24) is 28.8 Å². The first kappa shape index (κ1) is 24.0. The minimum atomic E-state index is -0.0555. The van der Waals surface area contributed by atoms with Crippen LogP contribution < -0.4 is 10.5 Å². The van der Waals surface area contributed by atoms with E-state index in [1.54, 1.807) is 28.6 Å². The van der Waals surface area contributed by atoms with E-state index in [1.807, 2.05) is 6.20 Å². The van der Waals surface area contributed by atoms with E-state index in [-0.39, 0.29) is 24.2 Å². The average Bonchev–Trinajstić information content (AvgIpc) is 3.43. The molecule has 4 rings (SSSR count). The van der Waals surface area contributed by atoms with E-state index in [1.165, 1.54) is 5.69 Å². The number of aromatic nitrogens is 5. The van der Waals surface area contributed by atoms with Crippen LogP contribution in [0.4, 0.5) is 5.69 Å². The normalized spacial score (nSPS) is 20.1. The Hall–Kier alpha value is -3.12. The molecule has 3 aromatic rings. The highest BCUT2D eigenvalue weighted by Crippen LogP contribution is 2.34. The van der Waals surface area contributed by atoms with Crippen LogP contribution in [0.5, 0.6) is 0 Å². The molecule has 0 amide bonds. The number of fused-ring (bicyclic) bond motifs is 1. The van der Waals surface area contributed by atoms with Crippen molar-refractivity contribution < 1.29 is 0 Å². The van der Waals surface area contributed by atoms with E-state index < -0.39 is 0 Å². The van der Waals surface area contributed by atoms with Crippen LogP contribution in [0.3, 0.4) is 0 Å². The predicted molar refractivity (Wildman–Crippen MR) is 134 cm³/mol. The molecular weight excluding hydrogens is 428 g/mol. The second-order valence-electron chi connectivity index (χ2n) is 9.27. The topological polar surface area (TPSA) is 87.9 Å². The second kappa shape index (κ2) is 9.63. The van der Waals surface area contributed by atoms with Crippen molar-refractivity contribution in [3.63, 3.8) is 0 Å². The Morgan fingerprint density at radius 1 is 1.21 bits per heavy atom. The summed E-state index contributed by atoms with van der Waals surface area (Å²) in [6.45, 7) is 13.8. The number of nitriles is 1. The van der Waals surface area contributed by atoms with Gasteiger partial charge in [-0.3, -0.25) is 14.4 Å². The van der Waals surface area contributed by atoms with Gasteiger partial charge in [-0.1, -0.05) is 13.8 Å². The Bertz CT molecular complexity index is 1260. The minimum Gasteiger partial charge on any atom is -0.364 e. The van der Waals surface area contributed by atoms with E-state index in [4.69, 9.17) is 10.4 Å². The van der Waals surface area contributed by atoms with Gasteiger partial charge in [0.05, 0.1) is 35.4 Å². The van der Waals surface area contributed by atoms with Crippen molar-refractivity contribution >= 4 is 16.7 Å². The van der Waals surface area contributed by atoms with Gasteiger partial charge >= 0.3 is 0 Å². The van der Waals surface area contributed by atoms with E-state index in [9.17, 15) is 4.79 Å². The molecule has 3 aromatic heterocycles. The van der Waals surface area contributed by atoms with Gasteiger partial charge in [-0.15, -0.1) is 0 Å². The summed E-state index contributed by atoms with van der Waals surface area (Å²) in [4.78, 5) is 22.4. The van der Waals surface area contributed by atoms with E-state index in [0.29, 0.717) is 6.04 Å². The number of hydrogen-bond acceptors (Lipinski definition) is 6. The third-order valence-corrected chi connectivity index (χ3v) is 7.49. The molecular formula is C25H36N8O. The third kappa shape index (κ3) is 4.00. The molecule has 1 unspecified atom stereocenters. The molecule has 4 heterocycles. The van der Waals surface area contributed by atoms with Crippen molar-refractivity contribution in [2.75, 3.05) is 18.0 Å². The number of anilines is 1. The fourth-order valence-electron chi connectivity index (χ4n) is 5.47. The van der Waals surface area contributed by atoms with Crippen LogP contribution in [0.15, 0.2) is 23.3 Å². The van der Waals surface area contributed by atoms with Crippen molar-refractivity contribution in [3.8, 4) is 6.07 Å². The zero-order valence-electron chi connectivity index (χ0n) is 21.2. The van der Waals surface area contributed by atoms with E-state index >= 15 is 0 Å². The average molecular weight is 465 g/mol. The first-order valence-corrected chi connectivity index (χ1v) is 12.3. The highest BCUT2D eigenvalue weighted by Gasteiger charge is 2.37. The van der Waals surface area contributed by atoms with Crippen molar-refractivity contribution in [3.05, 3.63) is 40.3 Å². The molecule has 0 radical (unpaired) electrons. The van der Waals surface area contributed by atoms with Gasteiger partial charge in [-0.25, -0.2) is 4.98 Å². The molecule has 1 aliphatic heterocycles. The smallest absolute Gasteiger partial charge is 0.252 e. The van der Waals surface area contributed by atoms with Gasteiger partial charge in [0.1, 0.15) is 17.9 Å². The maximum Gasteiger partial charge on any atom is 0.252 e. The first-order valence-electron chi connectivity index (χ1n) is 12.3. The van der Waals surface area contributed by atoms with Crippen LogP contribution in [0.1, 0.15) is 58.1 Å². The van der Waals surface area contributed by atoms with Gasteiger partial charge in [0.25, 0.3) is 5.56 Å². The van der Waals surface area contributed by atoms with Gasteiger partial charge in [0.2, 0.25) is 0 Å². The lowest BCUT2D eigenvalue weighted by molar-refractivity contribution is 0.0972. The van der Waals surface area contributed by atoms with Gasteiger partial charge in [0.15, 0.2) is 0 Å². The number of rotatable bonds is 7. The van der Waals surface area contributed by atoms with E-state index in [0.717, 1.165) is 55.0 Å². The summed E-state index contributed by atoms with van der Waals surface area (Å²) >= 11 is 0. The molecule has 0 bridgehead atoms. The molecule has 1 fully saturated rings. The zero-order chi connectivity index (χ0) is 24.6. The van der Waals surface area contributed by atoms with Crippen LogP contribution in [-0.4, -0.2) is 54.0 Å². The molecule has 9 heteroatoms. The number of piperazine rings is 1. The highest BCUT2D eigenvalue weighted by atomic mass is 16.1. The summed E-state index contributed by atoms with van der Waals surface area (Å²) in [5.74, 6) is 1.05. The van der Waals surface area contributed by atoms with Gasteiger partial charge in [-0.2, -0.15) is 10.4 Å². The van der Waals surface area contributed by atoms with Gasteiger partial charge < -0.3 is 14.0 Å². The largest absolute Gasteiger partial charge is 0.364 e. The molecule has 0 aliphatic carbocycles. The molecule has 9 nitrogen and oxygen atoms in total. The zero-order valence-corrected chi connectivity index (χ0v) is 21.2. The molecule has 0 N–H and O–H groups in total. The lowest BCUT2D eigenvalue weighted by atomic mass is 9.98. The quantitative estimate of drug-likeness (QED) is 0.534. The molecule has 0 aromatic carbocycles. The Kier molecular flexibility index (Phi) is 6.80. The number of imidazole rings is 1.